The van der Waals surface area contributed by atoms with Crippen molar-refractivity contribution < 1.29 is 18.3 Å². The number of rotatable bonds is 5. The highest BCUT2D eigenvalue weighted by Crippen LogP contribution is 2.29. The molecule has 112 valence electrons. The lowest BCUT2D eigenvalue weighted by Crippen LogP contribution is -2.14. The van der Waals surface area contributed by atoms with Gasteiger partial charge < -0.3 is 9.84 Å². The minimum absolute atomic E-state index is 0.0797. The standard InChI is InChI=1S/C15H17NO4S/c1-3-20-12-7-5-8-13(10-12)21(18,19)16-15-11(2)6-4-9-14(15)17/h4-10,16-17H,3H2,1-2H3. The second-order valence-electron chi connectivity index (χ2n) is 4.48. The largest absolute Gasteiger partial charge is 0.506 e. The number of phenols is 1. The molecule has 2 rings (SSSR count). The Morgan fingerprint density at radius 1 is 1.19 bits per heavy atom. The topological polar surface area (TPSA) is 75.6 Å². The third-order valence-corrected chi connectivity index (χ3v) is 4.26. The van der Waals surface area contributed by atoms with E-state index in [1.165, 1.54) is 18.2 Å². The molecule has 21 heavy (non-hydrogen) atoms. The number of nitrogens with one attached hydrogen (secondary N) is 1. The average Bonchev–Trinajstić information content (AvgIpc) is 2.44. The van der Waals surface area contributed by atoms with Crippen molar-refractivity contribution in [3.8, 4) is 11.5 Å². The molecular weight excluding hydrogens is 290 g/mol. The Kier molecular flexibility index (Phi) is 4.37. The first kappa shape index (κ1) is 15.2. The Morgan fingerprint density at radius 2 is 1.90 bits per heavy atom. The maximum Gasteiger partial charge on any atom is 0.262 e. The van der Waals surface area contributed by atoms with Gasteiger partial charge in [-0.3, -0.25) is 4.72 Å². The van der Waals surface area contributed by atoms with E-state index in [-0.39, 0.29) is 16.3 Å². The van der Waals surface area contributed by atoms with Crippen molar-refractivity contribution in [2.45, 2.75) is 18.7 Å². The number of para-hydroxylation sites is 1. The molecule has 2 N–H and O–H groups in total. The number of anilines is 1. The zero-order chi connectivity index (χ0) is 15.5. The summed E-state index contributed by atoms with van der Waals surface area (Å²) < 4.78 is 32.5. The molecule has 0 bridgehead atoms. The van der Waals surface area contributed by atoms with Crippen LogP contribution in [0.25, 0.3) is 0 Å². The average molecular weight is 307 g/mol. The van der Waals surface area contributed by atoms with Crippen LogP contribution < -0.4 is 9.46 Å². The van der Waals surface area contributed by atoms with E-state index in [2.05, 4.69) is 4.72 Å². The predicted octanol–water partition coefficient (Wildman–Crippen LogP) is 2.90. The van der Waals surface area contributed by atoms with E-state index in [1.54, 1.807) is 31.2 Å². The Labute approximate surface area is 124 Å². The second kappa shape index (κ2) is 6.05. The lowest BCUT2D eigenvalue weighted by molar-refractivity contribution is 0.339. The molecule has 0 aromatic heterocycles. The molecule has 0 radical (unpaired) electrons. The van der Waals surface area contributed by atoms with E-state index >= 15 is 0 Å². The van der Waals surface area contributed by atoms with Gasteiger partial charge >= 0.3 is 0 Å². The van der Waals surface area contributed by atoms with Gasteiger partial charge in [-0.15, -0.1) is 0 Å². The molecule has 2 aromatic rings. The van der Waals surface area contributed by atoms with Crippen LogP contribution in [-0.4, -0.2) is 20.1 Å². The Morgan fingerprint density at radius 3 is 2.57 bits per heavy atom. The fourth-order valence-electron chi connectivity index (χ4n) is 1.88. The minimum Gasteiger partial charge on any atom is -0.506 e. The first-order chi connectivity index (χ1) is 9.94. The van der Waals surface area contributed by atoms with Crippen LogP contribution in [0.1, 0.15) is 12.5 Å². The van der Waals surface area contributed by atoms with Crippen LogP contribution in [-0.2, 0) is 10.0 Å². The van der Waals surface area contributed by atoms with Crippen LogP contribution in [0.4, 0.5) is 5.69 Å². The van der Waals surface area contributed by atoms with E-state index < -0.39 is 10.0 Å². The zero-order valence-corrected chi connectivity index (χ0v) is 12.6. The van der Waals surface area contributed by atoms with Gasteiger partial charge in [-0.2, -0.15) is 0 Å². The monoisotopic (exact) mass is 307 g/mol. The lowest BCUT2D eigenvalue weighted by Gasteiger charge is -2.12. The number of ether oxygens (including phenoxy) is 1. The van der Waals surface area contributed by atoms with Crippen molar-refractivity contribution >= 4 is 15.7 Å². The number of aryl methyl sites for hydroxylation is 1. The summed E-state index contributed by atoms with van der Waals surface area (Å²) in [5.74, 6) is 0.369. The van der Waals surface area contributed by atoms with Crippen LogP contribution in [0.3, 0.4) is 0 Å². The highest BCUT2D eigenvalue weighted by atomic mass is 32.2. The molecule has 0 atom stereocenters. The molecule has 0 fully saturated rings. The molecule has 0 aliphatic carbocycles. The molecule has 0 spiro atoms. The van der Waals surface area contributed by atoms with Gasteiger partial charge in [-0.05, 0) is 37.6 Å². The van der Waals surface area contributed by atoms with Crippen molar-refractivity contribution in [1.29, 1.82) is 0 Å². The molecule has 0 aliphatic rings. The van der Waals surface area contributed by atoms with Gasteiger partial charge in [-0.25, -0.2) is 8.42 Å². The van der Waals surface area contributed by atoms with E-state index in [4.69, 9.17) is 4.74 Å². The van der Waals surface area contributed by atoms with E-state index in [0.717, 1.165) is 0 Å². The van der Waals surface area contributed by atoms with Gasteiger partial charge in [0.2, 0.25) is 0 Å². The second-order valence-corrected chi connectivity index (χ2v) is 6.16. The van der Waals surface area contributed by atoms with Gasteiger partial charge in [0.1, 0.15) is 11.5 Å². The number of hydrogen-bond donors (Lipinski definition) is 2. The number of benzene rings is 2. The molecule has 0 unspecified atom stereocenters. The van der Waals surface area contributed by atoms with Crippen molar-refractivity contribution in [3.05, 3.63) is 48.0 Å². The molecule has 0 aliphatic heterocycles. The number of phenolic OH excluding ortho intramolecular Hbond substituents is 1. The normalized spacial score (nSPS) is 11.1. The summed E-state index contributed by atoms with van der Waals surface area (Å²) in [5.41, 5.74) is 0.818. The number of sulfonamides is 1. The van der Waals surface area contributed by atoms with Crippen LogP contribution in [0.5, 0.6) is 11.5 Å². The molecule has 0 heterocycles. The van der Waals surface area contributed by atoms with Gasteiger partial charge in [-0.1, -0.05) is 18.2 Å². The molecular formula is C15H17NO4S. The summed E-state index contributed by atoms with van der Waals surface area (Å²) in [4.78, 5) is 0.0797. The summed E-state index contributed by atoms with van der Waals surface area (Å²) in [6, 6.07) is 11.0. The first-order valence-corrected chi connectivity index (χ1v) is 7.96. The van der Waals surface area contributed by atoms with Crippen molar-refractivity contribution in [3.63, 3.8) is 0 Å². The highest BCUT2D eigenvalue weighted by molar-refractivity contribution is 7.92. The van der Waals surface area contributed by atoms with Gasteiger partial charge in [0.05, 0.1) is 17.2 Å². The maximum absolute atomic E-state index is 12.4. The highest BCUT2D eigenvalue weighted by Gasteiger charge is 2.18. The van der Waals surface area contributed by atoms with Crippen LogP contribution in [0, 0.1) is 6.92 Å². The molecule has 5 nitrogen and oxygen atoms in total. The third-order valence-electron chi connectivity index (χ3n) is 2.91. The van der Waals surface area contributed by atoms with Gasteiger partial charge in [0.25, 0.3) is 10.0 Å². The molecule has 0 amide bonds. The maximum atomic E-state index is 12.4. The molecule has 6 heteroatoms. The van der Waals surface area contributed by atoms with E-state index in [0.29, 0.717) is 17.9 Å². The zero-order valence-electron chi connectivity index (χ0n) is 11.8. The van der Waals surface area contributed by atoms with Crippen LogP contribution in [0.15, 0.2) is 47.4 Å². The van der Waals surface area contributed by atoms with Crippen molar-refractivity contribution in [2.24, 2.45) is 0 Å². The van der Waals surface area contributed by atoms with E-state index in [1.807, 2.05) is 6.92 Å². The van der Waals surface area contributed by atoms with Crippen LogP contribution >= 0.6 is 0 Å². The van der Waals surface area contributed by atoms with Crippen LogP contribution in [0.2, 0.25) is 0 Å². The Hall–Kier alpha value is -2.21. The molecule has 0 saturated carbocycles. The fraction of sp³-hybridized carbons (Fsp3) is 0.200. The van der Waals surface area contributed by atoms with Crippen molar-refractivity contribution in [1.82, 2.24) is 0 Å². The summed E-state index contributed by atoms with van der Waals surface area (Å²) >= 11 is 0. The lowest BCUT2D eigenvalue weighted by atomic mass is 10.2. The van der Waals surface area contributed by atoms with Gasteiger partial charge in [0, 0.05) is 6.07 Å². The summed E-state index contributed by atoms with van der Waals surface area (Å²) in [6.45, 7) is 3.99. The SMILES string of the molecule is CCOc1cccc(S(=O)(=O)Nc2c(C)cccc2O)c1. The predicted molar refractivity (Wildman–Crippen MR) is 81.3 cm³/mol. The Balaban J connectivity index is 2.36. The summed E-state index contributed by atoms with van der Waals surface area (Å²) in [7, 11) is -3.79. The quantitative estimate of drug-likeness (QED) is 0.833. The summed E-state index contributed by atoms with van der Waals surface area (Å²) in [5, 5.41) is 9.79. The summed E-state index contributed by atoms with van der Waals surface area (Å²) in [6.07, 6.45) is 0. The van der Waals surface area contributed by atoms with Crippen molar-refractivity contribution in [2.75, 3.05) is 11.3 Å². The fourth-order valence-corrected chi connectivity index (χ4v) is 3.06. The molecule has 2 aromatic carbocycles. The number of aromatic hydroxyl groups is 1. The van der Waals surface area contributed by atoms with Gasteiger partial charge in [0.15, 0.2) is 0 Å². The van der Waals surface area contributed by atoms with E-state index in [9.17, 15) is 13.5 Å². The smallest absolute Gasteiger partial charge is 0.262 e. The Bertz CT molecular complexity index is 721. The third kappa shape index (κ3) is 3.46. The minimum atomic E-state index is -3.79. The molecule has 0 saturated heterocycles. The number of hydrogen-bond acceptors (Lipinski definition) is 4. The first-order valence-electron chi connectivity index (χ1n) is 6.48.